The third kappa shape index (κ3) is 13.7. The van der Waals surface area contributed by atoms with Crippen LogP contribution in [-0.4, -0.2) is 6.29 Å². The maximum absolute atomic E-state index is 10.1. The largest absolute Gasteiger partial charge is 0.303 e. The monoisotopic (exact) mass is 225 g/mol. The van der Waals surface area contributed by atoms with Gasteiger partial charge in [-0.15, -0.1) is 0 Å². The Morgan fingerprint density at radius 2 is 1.25 bits per heavy atom. The lowest BCUT2D eigenvalue weighted by atomic mass is 10.0. The summed E-state index contributed by atoms with van der Waals surface area (Å²) in [5.41, 5.74) is 0. The van der Waals surface area contributed by atoms with Crippen molar-refractivity contribution in [3.05, 3.63) is 6.42 Å². The average Bonchev–Trinajstić information content (AvgIpc) is 2.31. The molecule has 0 atom stereocenters. The van der Waals surface area contributed by atoms with Crippen molar-refractivity contribution >= 4 is 6.29 Å². The van der Waals surface area contributed by atoms with Crippen molar-refractivity contribution in [1.29, 1.82) is 0 Å². The Bertz CT molecular complexity index is 131. The van der Waals surface area contributed by atoms with E-state index >= 15 is 0 Å². The van der Waals surface area contributed by atoms with E-state index in [1.54, 1.807) is 0 Å². The molecular weight excluding hydrogens is 196 g/mol. The van der Waals surface area contributed by atoms with Crippen LogP contribution in [0.2, 0.25) is 0 Å². The van der Waals surface area contributed by atoms with Crippen LogP contribution < -0.4 is 0 Å². The minimum atomic E-state index is 0.636. The molecule has 95 valence electrons. The molecule has 0 amide bonds. The summed E-state index contributed by atoms with van der Waals surface area (Å²) in [4.78, 5) is 10.1. The summed E-state index contributed by atoms with van der Waals surface area (Å²) in [6.07, 6.45) is 18.7. The third-order valence-electron chi connectivity index (χ3n) is 3.02. The van der Waals surface area contributed by atoms with E-state index in [-0.39, 0.29) is 0 Å². The molecule has 0 saturated heterocycles. The maximum Gasteiger partial charge on any atom is 0.120 e. The van der Waals surface area contributed by atoms with Gasteiger partial charge >= 0.3 is 0 Å². The summed E-state index contributed by atoms with van der Waals surface area (Å²) in [6, 6.07) is 0. The van der Waals surface area contributed by atoms with Gasteiger partial charge in [-0.25, -0.2) is 0 Å². The summed E-state index contributed by atoms with van der Waals surface area (Å²) in [7, 11) is 0. The zero-order valence-corrected chi connectivity index (χ0v) is 11.0. The summed E-state index contributed by atoms with van der Waals surface area (Å²) in [6.45, 7) is 2.27. The lowest BCUT2D eigenvalue weighted by Crippen LogP contribution is -1.83. The zero-order valence-electron chi connectivity index (χ0n) is 11.0. The van der Waals surface area contributed by atoms with Gasteiger partial charge in [-0.1, -0.05) is 71.1 Å². The highest BCUT2D eigenvalue weighted by molar-refractivity contribution is 5.50. The molecular formula is C15H29O. The quantitative estimate of drug-likeness (QED) is 0.315. The Morgan fingerprint density at radius 3 is 1.75 bits per heavy atom. The van der Waals surface area contributed by atoms with Crippen LogP contribution in [0, 0.1) is 6.42 Å². The molecule has 0 saturated carbocycles. The van der Waals surface area contributed by atoms with Crippen LogP contribution in [0.4, 0.5) is 0 Å². The van der Waals surface area contributed by atoms with E-state index in [0.29, 0.717) is 6.42 Å². The molecule has 1 radical (unpaired) electrons. The molecule has 0 rings (SSSR count). The second-order valence-electron chi connectivity index (χ2n) is 4.66. The Hall–Kier alpha value is -0.330. The van der Waals surface area contributed by atoms with E-state index in [9.17, 15) is 4.79 Å². The molecule has 0 N–H and O–H groups in total. The SMILES string of the molecule is CCCCCCCCCCCC[CH]CC=O. The summed E-state index contributed by atoms with van der Waals surface area (Å²) in [5.74, 6) is 0. The number of aldehydes is 1. The lowest BCUT2D eigenvalue weighted by molar-refractivity contribution is -0.107. The van der Waals surface area contributed by atoms with Crippen molar-refractivity contribution < 1.29 is 4.79 Å². The number of carbonyl (C=O) groups is 1. The van der Waals surface area contributed by atoms with E-state index in [0.717, 1.165) is 12.7 Å². The Kier molecular flexibility index (Phi) is 14.4. The molecule has 1 nitrogen and oxygen atoms in total. The number of rotatable bonds is 13. The standard InChI is InChI=1S/C15H29O/c1-2-3-4-5-6-7-8-9-10-11-12-13-14-15-16/h13,15H,2-12,14H2,1H3. The Morgan fingerprint density at radius 1 is 0.750 bits per heavy atom. The van der Waals surface area contributed by atoms with Crippen molar-refractivity contribution in [1.82, 2.24) is 0 Å². The first-order valence-electron chi connectivity index (χ1n) is 7.17. The number of unbranched alkanes of at least 4 members (excludes halogenated alkanes) is 12. The van der Waals surface area contributed by atoms with Crippen LogP contribution in [-0.2, 0) is 4.79 Å². The molecule has 0 aliphatic carbocycles. The molecule has 16 heavy (non-hydrogen) atoms. The predicted octanol–water partition coefficient (Wildman–Crippen LogP) is 5.09. The van der Waals surface area contributed by atoms with Gasteiger partial charge in [0.15, 0.2) is 0 Å². The fraction of sp³-hybridized carbons (Fsp3) is 0.867. The van der Waals surface area contributed by atoms with Crippen molar-refractivity contribution in [3.63, 3.8) is 0 Å². The van der Waals surface area contributed by atoms with Crippen LogP contribution in [0.1, 0.15) is 84.0 Å². The highest BCUT2D eigenvalue weighted by atomic mass is 16.1. The Labute approximate surface area is 102 Å². The molecule has 0 aliphatic rings. The van der Waals surface area contributed by atoms with E-state index < -0.39 is 0 Å². The third-order valence-corrected chi connectivity index (χ3v) is 3.02. The van der Waals surface area contributed by atoms with Gasteiger partial charge in [0.1, 0.15) is 6.29 Å². The Balaban J connectivity index is 2.85. The van der Waals surface area contributed by atoms with Crippen LogP contribution in [0.25, 0.3) is 0 Å². The lowest BCUT2D eigenvalue weighted by Gasteiger charge is -2.01. The fourth-order valence-electron chi connectivity index (χ4n) is 1.96. The normalized spacial score (nSPS) is 10.6. The van der Waals surface area contributed by atoms with Crippen molar-refractivity contribution in [2.75, 3.05) is 0 Å². The topological polar surface area (TPSA) is 17.1 Å². The predicted molar refractivity (Wildman–Crippen MR) is 71.4 cm³/mol. The van der Waals surface area contributed by atoms with Gasteiger partial charge < -0.3 is 4.79 Å². The van der Waals surface area contributed by atoms with Crippen LogP contribution in [0.15, 0.2) is 0 Å². The van der Waals surface area contributed by atoms with Crippen molar-refractivity contribution in [3.8, 4) is 0 Å². The number of hydrogen-bond acceptors (Lipinski definition) is 1. The second kappa shape index (κ2) is 14.7. The van der Waals surface area contributed by atoms with Crippen LogP contribution in [0.5, 0.6) is 0 Å². The van der Waals surface area contributed by atoms with Crippen molar-refractivity contribution in [2.24, 2.45) is 0 Å². The molecule has 0 spiro atoms. The van der Waals surface area contributed by atoms with Gasteiger partial charge in [0.05, 0.1) is 0 Å². The summed E-state index contributed by atoms with van der Waals surface area (Å²) in [5, 5.41) is 0. The first-order chi connectivity index (χ1) is 7.91. The summed E-state index contributed by atoms with van der Waals surface area (Å²) < 4.78 is 0. The van der Waals surface area contributed by atoms with E-state index in [1.807, 2.05) is 0 Å². The van der Waals surface area contributed by atoms with Gasteiger partial charge in [-0.2, -0.15) is 0 Å². The second-order valence-corrected chi connectivity index (χ2v) is 4.66. The molecule has 0 aromatic rings. The molecule has 0 bridgehead atoms. The molecule has 0 aromatic heterocycles. The van der Waals surface area contributed by atoms with Gasteiger partial charge in [0, 0.05) is 6.42 Å². The highest BCUT2D eigenvalue weighted by Crippen LogP contribution is 2.11. The minimum absolute atomic E-state index is 0.636. The van der Waals surface area contributed by atoms with Gasteiger partial charge in [0.2, 0.25) is 0 Å². The zero-order chi connectivity index (χ0) is 11.9. The number of hydrogen-bond donors (Lipinski definition) is 0. The van der Waals surface area contributed by atoms with E-state index in [1.165, 1.54) is 64.2 Å². The van der Waals surface area contributed by atoms with Gasteiger partial charge in [0.25, 0.3) is 0 Å². The first-order valence-corrected chi connectivity index (χ1v) is 7.17. The molecule has 1 heteroatoms. The van der Waals surface area contributed by atoms with Crippen molar-refractivity contribution in [2.45, 2.75) is 84.0 Å². The number of carbonyl (C=O) groups excluding carboxylic acids is 1. The molecule has 0 aliphatic heterocycles. The minimum Gasteiger partial charge on any atom is -0.303 e. The highest BCUT2D eigenvalue weighted by Gasteiger charge is 1.93. The van der Waals surface area contributed by atoms with E-state index in [2.05, 4.69) is 13.3 Å². The van der Waals surface area contributed by atoms with Gasteiger partial charge in [-0.05, 0) is 12.8 Å². The van der Waals surface area contributed by atoms with E-state index in [4.69, 9.17) is 0 Å². The maximum atomic E-state index is 10.1. The molecule has 0 unspecified atom stereocenters. The van der Waals surface area contributed by atoms with Crippen LogP contribution >= 0.6 is 0 Å². The van der Waals surface area contributed by atoms with Crippen LogP contribution in [0.3, 0.4) is 0 Å². The first kappa shape index (κ1) is 15.7. The molecule has 0 aromatic carbocycles. The molecule has 0 fully saturated rings. The van der Waals surface area contributed by atoms with Gasteiger partial charge in [-0.3, -0.25) is 0 Å². The summed E-state index contributed by atoms with van der Waals surface area (Å²) >= 11 is 0. The average molecular weight is 225 g/mol. The fourth-order valence-corrected chi connectivity index (χ4v) is 1.96. The molecule has 0 heterocycles. The smallest absolute Gasteiger partial charge is 0.120 e.